The van der Waals surface area contributed by atoms with E-state index in [-0.39, 0.29) is 18.2 Å². The first-order valence-electron chi connectivity index (χ1n) is 9.90. The van der Waals surface area contributed by atoms with Crippen LogP contribution in [0.25, 0.3) is 0 Å². The van der Waals surface area contributed by atoms with Crippen LogP contribution in [0.15, 0.2) is 34.6 Å². The molecule has 1 amide bonds. The predicted molar refractivity (Wildman–Crippen MR) is 120 cm³/mol. The Bertz CT molecular complexity index is 941. The standard InChI is InChI=1S/C20H25N5O4.C2H6/c1-12-17(13(2)24-27-5)22-14(3)23-20(12)29-11-15-9-7-8-10-16(15)18(25-28-6)19(26)21-4;1-2/h7-10H,11H2,1-6H3,(H,21,26);1-2H3/b24-13-,25-18+;. The van der Waals surface area contributed by atoms with Gasteiger partial charge in [-0.25, -0.2) is 4.98 Å². The predicted octanol–water partition coefficient (Wildman–Crippen LogP) is 3.17. The van der Waals surface area contributed by atoms with Crippen LogP contribution >= 0.6 is 0 Å². The molecule has 1 heterocycles. The maximum Gasteiger partial charge on any atom is 0.273 e. The van der Waals surface area contributed by atoms with Crippen LogP contribution in [0.3, 0.4) is 0 Å². The van der Waals surface area contributed by atoms with Crippen molar-refractivity contribution in [1.29, 1.82) is 0 Å². The first-order valence-corrected chi connectivity index (χ1v) is 9.90. The van der Waals surface area contributed by atoms with E-state index in [0.29, 0.717) is 28.7 Å². The number of benzene rings is 1. The maximum absolute atomic E-state index is 12.2. The molecule has 9 heteroatoms. The van der Waals surface area contributed by atoms with Crippen molar-refractivity contribution in [1.82, 2.24) is 15.3 Å². The molecule has 168 valence electrons. The second-order valence-electron chi connectivity index (χ2n) is 6.06. The number of nitrogens with zero attached hydrogens (tertiary/aromatic N) is 4. The van der Waals surface area contributed by atoms with E-state index in [1.54, 1.807) is 19.9 Å². The molecular weight excluding hydrogens is 398 g/mol. The largest absolute Gasteiger partial charge is 0.472 e. The van der Waals surface area contributed by atoms with E-state index in [4.69, 9.17) is 14.4 Å². The highest BCUT2D eigenvalue weighted by Crippen LogP contribution is 2.21. The van der Waals surface area contributed by atoms with Gasteiger partial charge >= 0.3 is 0 Å². The number of rotatable bonds is 8. The first-order chi connectivity index (χ1) is 14.9. The molecule has 1 N–H and O–H groups in total. The van der Waals surface area contributed by atoms with Gasteiger partial charge in [0.15, 0.2) is 5.71 Å². The van der Waals surface area contributed by atoms with Gasteiger partial charge in [-0.3, -0.25) is 4.79 Å². The smallest absolute Gasteiger partial charge is 0.273 e. The SMILES string of the molecule is CC.CNC(=O)/C(=N/OC)c1ccccc1COc1nc(C)nc(/C(C)=N\OC)c1C. The molecule has 0 spiro atoms. The number of oxime groups is 2. The lowest BCUT2D eigenvalue weighted by molar-refractivity contribution is -0.114. The summed E-state index contributed by atoms with van der Waals surface area (Å²) in [5.41, 5.74) is 3.53. The average molecular weight is 430 g/mol. The molecule has 2 rings (SSSR count). The molecule has 31 heavy (non-hydrogen) atoms. The van der Waals surface area contributed by atoms with E-state index >= 15 is 0 Å². The fourth-order valence-electron chi connectivity index (χ4n) is 2.72. The number of carbonyl (C=O) groups excluding carboxylic acids is 1. The van der Waals surface area contributed by atoms with Gasteiger partial charge in [-0.2, -0.15) is 4.98 Å². The zero-order valence-corrected chi connectivity index (χ0v) is 19.4. The van der Waals surface area contributed by atoms with Crippen LogP contribution in [-0.2, 0) is 21.1 Å². The second-order valence-corrected chi connectivity index (χ2v) is 6.06. The van der Waals surface area contributed by atoms with Crippen LogP contribution in [-0.4, -0.2) is 48.6 Å². The van der Waals surface area contributed by atoms with E-state index in [9.17, 15) is 4.79 Å². The molecule has 9 nitrogen and oxygen atoms in total. The van der Waals surface area contributed by atoms with Crippen molar-refractivity contribution in [3.05, 3.63) is 52.5 Å². The number of hydrogen-bond donors (Lipinski definition) is 1. The molecule has 0 fully saturated rings. The van der Waals surface area contributed by atoms with Gasteiger partial charge in [-0.05, 0) is 26.3 Å². The Morgan fingerprint density at radius 2 is 1.71 bits per heavy atom. The molecule has 0 aliphatic rings. The van der Waals surface area contributed by atoms with Crippen molar-refractivity contribution in [3.8, 4) is 5.88 Å². The molecule has 2 aromatic rings. The highest BCUT2D eigenvalue weighted by atomic mass is 16.6. The van der Waals surface area contributed by atoms with E-state index in [0.717, 1.165) is 11.1 Å². The minimum Gasteiger partial charge on any atom is -0.472 e. The molecule has 0 unspecified atom stereocenters. The average Bonchev–Trinajstić information content (AvgIpc) is 2.79. The summed E-state index contributed by atoms with van der Waals surface area (Å²) in [5, 5.41) is 10.4. The number of amides is 1. The van der Waals surface area contributed by atoms with Crippen molar-refractivity contribution in [3.63, 3.8) is 0 Å². The van der Waals surface area contributed by atoms with E-state index < -0.39 is 0 Å². The normalized spacial score (nSPS) is 11.2. The van der Waals surface area contributed by atoms with Gasteiger partial charge in [0.2, 0.25) is 5.88 Å². The van der Waals surface area contributed by atoms with Gasteiger partial charge in [0, 0.05) is 18.2 Å². The molecule has 0 saturated heterocycles. The van der Waals surface area contributed by atoms with Gasteiger partial charge in [-0.15, -0.1) is 0 Å². The molecular formula is C22H31N5O4. The van der Waals surface area contributed by atoms with Crippen LogP contribution < -0.4 is 10.1 Å². The lowest BCUT2D eigenvalue weighted by Crippen LogP contribution is -2.29. The topological polar surface area (TPSA) is 107 Å². The third-order valence-electron chi connectivity index (χ3n) is 4.05. The number of nitrogens with one attached hydrogen (secondary N) is 1. The molecule has 1 aromatic heterocycles. The summed E-state index contributed by atoms with van der Waals surface area (Å²) in [5.74, 6) is 0.617. The Morgan fingerprint density at radius 1 is 1.06 bits per heavy atom. The summed E-state index contributed by atoms with van der Waals surface area (Å²) < 4.78 is 5.98. The van der Waals surface area contributed by atoms with Crippen LogP contribution in [0.2, 0.25) is 0 Å². The Balaban J connectivity index is 0.00000233. The Morgan fingerprint density at radius 3 is 2.32 bits per heavy atom. The summed E-state index contributed by atoms with van der Waals surface area (Å²) in [6.07, 6.45) is 0. The zero-order chi connectivity index (χ0) is 23.4. The lowest BCUT2D eigenvalue weighted by Gasteiger charge is -2.14. The Hall–Kier alpha value is -3.49. The lowest BCUT2D eigenvalue weighted by atomic mass is 10.0. The molecule has 1 aromatic carbocycles. The van der Waals surface area contributed by atoms with E-state index in [1.807, 2.05) is 39.0 Å². The summed E-state index contributed by atoms with van der Waals surface area (Å²) in [6.45, 7) is 9.60. The van der Waals surface area contributed by atoms with Gasteiger partial charge in [0.25, 0.3) is 5.91 Å². The number of aryl methyl sites for hydroxylation is 1. The van der Waals surface area contributed by atoms with Crippen molar-refractivity contribution in [2.75, 3.05) is 21.3 Å². The van der Waals surface area contributed by atoms with Gasteiger partial charge in [-0.1, -0.05) is 48.4 Å². The maximum atomic E-state index is 12.2. The van der Waals surface area contributed by atoms with Crippen LogP contribution in [0.1, 0.15) is 49.0 Å². The fraction of sp³-hybridized carbons (Fsp3) is 0.409. The third kappa shape index (κ3) is 6.77. The molecule has 0 radical (unpaired) electrons. The molecule has 0 bridgehead atoms. The molecule has 0 atom stereocenters. The number of aromatic nitrogens is 2. The van der Waals surface area contributed by atoms with Crippen molar-refractivity contribution < 1.29 is 19.2 Å². The summed E-state index contributed by atoms with van der Waals surface area (Å²) >= 11 is 0. The highest BCUT2D eigenvalue weighted by Gasteiger charge is 2.19. The second kappa shape index (κ2) is 12.9. The fourth-order valence-corrected chi connectivity index (χ4v) is 2.72. The third-order valence-corrected chi connectivity index (χ3v) is 4.05. The first kappa shape index (κ1) is 25.5. The van der Waals surface area contributed by atoms with Gasteiger partial charge < -0.3 is 19.7 Å². The Kier molecular flexibility index (Phi) is 10.7. The van der Waals surface area contributed by atoms with Crippen LogP contribution in [0.4, 0.5) is 0 Å². The zero-order valence-electron chi connectivity index (χ0n) is 19.4. The monoisotopic (exact) mass is 429 g/mol. The number of hydrogen-bond acceptors (Lipinski definition) is 8. The van der Waals surface area contributed by atoms with Crippen molar-refractivity contribution >= 4 is 17.3 Å². The molecule has 0 saturated carbocycles. The number of carbonyl (C=O) groups is 1. The quantitative estimate of drug-likeness (QED) is 0.510. The van der Waals surface area contributed by atoms with Crippen molar-refractivity contribution in [2.24, 2.45) is 10.3 Å². The molecule has 0 aliphatic heterocycles. The summed E-state index contributed by atoms with van der Waals surface area (Å²) in [7, 11) is 4.40. The van der Waals surface area contributed by atoms with Crippen molar-refractivity contribution in [2.45, 2.75) is 41.2 Å². The number of likely N-dealkylation sites (N-methyl/N-ethyl adjacent to an activating group) is 1. The van der Waals surface area contributed by atoms with Crippen LogP contribution in [0.5, 0.6) is 5.88 Å². The highest BCUT2D eigenvalue weighted by molar-refractivity contribution is 6.45. The minimum atomic E-state index is -0.359. The Labute approximate surface area is 183 Å². The van der Waals surface area contributed by atoms with E-state index in [1.165, 1.54) is 21.3 Å². The summed E-state index contributed by atoms with van der Waals surface area (Å²) in [4.78, 5) is 30.7. The number of ether oxygens (including phenoxy) is 1. The van der Waals surface area contributed by atoms with Gasteiger partial charge in [0.05, 0.1) is 5.69 Å². The molecule has 0 aliphatic carbocycles. The van der Waals surface area contributed by atoms with Crippen LogP contribution in [0, 0.1) is 13.8 Å². The van der Waals surface area contributed by atoms with Gasteiger partial charge in [0.1, 0.15) is 32.4 Å². The van der Waals surface area contributed by atoms with E-state index in [2.05, 4.69) is 25.6 Å². The summed E-state index contributed by atoms with van der Waals surface area (Å²) in [6, 6.07) is 7.31. The minimum absolute atomic E-state index is 0.161.